The summed E-state index contributed by atoms with van der Waals surface area (Å²) in [7, 11) is -3.93. The van der Waals surface area contributed by atoms with Crippen molar-refractivity contribution in [3.8, 4) is 5.75 Å². The number of hydrogen-bond acceptors (Lipinski definition) is 6. The van der Waals surface area contributed by atoms with Gasteiger partial charge in [0.1, 0.15) is 17.3 Å². The number of amides is 1. The topological polar surface area (TPSA) is 131 Å². The van der Waals surface area contributed by atoms with Gasteiger partial charge in [0.25, 0.3) is 0 Å². The Morgan fingerprint density at radius 1 is 1.06 bits per heavy atom. The zero-order chi connectivity index (χ0) is 22.9. The maximum Gasteiger partial charge on any atom is 0.244 e. The van der Waals surface area contributed by atoms with E-state index in [-0.39, 0.29) is 42.2 Å². The van der Waals surface area contributed by atoms with E-state index in [0.29, 0.717) is 6.42 Å². The minimum atomic E-state index is -3.93. The van der Waals surface area contributed by atoms with Gasteiger partial charge in [-0.25, -0.2) is 13.1 Å². The van der Waals surface area contributed by atoms with Crippen molar-refractivity contribution in [1.29, 1.82) is 0 Å². The van der Waals surface area contributed by atoms with Crippen LogP contribution < -0.4 is 20.5 Å². The van der Waals surface area contributed by atoms with Crippen molar-refractivity contribution in [2.24, 2.45) is 11.7 Å². The molecule has 2 rings (SSSR count). The number of sulfonamides is 1. The molecule has 2 aromatic carbocycles. The molecule has 0 heterocycles. The van der Waals surface area contributed by atoms with E-state index in [1.807, 2.05) is 44.2 Å². The second-order valence-corrected chi connectivity index (χ2v) is 9.44. The number of ether oxygens (including phenoxy) is 1. The molecular weight excluding hydrogens is 418 g/mol. The number of para-hydroxylation sites is 1. The van der Waals surface area contributed by atoms with Gasteiger partial charge in [-0.05, 0) is 30.0 Å². The van der Waals surface area contributed by atoms with Crippen molar-refractivity contribution in [3.05, 3.63) is 60.2 Å². The Bertz CT molecular complexity index is 935. The summed E-state index contributed by atoms with van der Waals surface area (Å²) in [5.41, 5.74) is 6.70. The molecule has 2 aromatic rings. The second kappa shape index (κ2) is 11.8. The second-order valence-electron chi connectivity index (χ2n) is 7.71. The van der Waals surface area contributed by atoms with Crippen LogP contribution >= 0.6 is 0 Å². The number of carbonyl (C=O) groups excluding carboxylic acids is 1. The lowest BCUT2D eigenvalue weighted by molar-refractivity contribution is -0.123. The average molecular weight is 450 g/mol. The van der Waals surface area contributed by atoms with E-state index in [1.165, 1.54) is 6.07 Å². The third-order valence-corrected chi connectivity index (χ3v) is 5.92. The Labute approximate surface area is 183 Å². The predicted octanol–water partition coefficient (Wildman–Crippen LogP) is 1.39. The molecule has 31 heavy (non-hydrogen) atoms. The molecule has 9 heteroatoms. The standard InChI is InChI=1S/C22H31N3O5S/c1-16(2)12-19(23)22(27)24-13-18(26)14-25-31(28,29)21-11-7-6-10-20(21)30-15-17-8-4-3-5-9-17/h3-11,16,18-19,25-26H,12-15,23H2,1-2H3,(H,24,27)/t18?,19-/m0/s1. The number of nitrogens with one attached hydrogen (secondary N) is 2. The van der Waals surface area contributed by atoms with Gasteiger partial charge in [-0.3, -0.25) is 4.79 Å². The predicted molar refractivity (Wildman–Crippen MR) is 119 cm³/mol. The first-order valence-corrected chi connectivity index (χ1v) is 11.6. The molecule has 0 spiro atoms. The van der Waals surface area contributed by atoms with Gasteiger partial charge >= 0.3 is 0 Å². The van der Waals surface area contributed by atoms with Crippen molar-refractivity contribution in [2.45, 2.75) is 43.9 Å². The summed E-state index contributed by atoms with van der Waals surface area (Å²) < 4.78 is 33.5. The fourth-order valence-corrected chi connectivity index (χ4v) is 4.06. The highest BCUT2D eigenvalue weighted by Crippen LogP contribution is 2.24. The molecule has 0 saturated carbocycles. The molecule has 2 atom stereocenters. The highest BCUT2D eigenvalue weighted by atomic mass is 32.2. The van der Waals surface area contributed by atoms with Crippen LogP contribution in [0.1, 0.15) is 25.8 Å². The Hall–Kier alpha value is -2.46. The van der Waals surface area contributed by atoms with Crippen LogP contribution in [0.15, 0.2) is 59.5 Å². The SMILES string of the molecule is CC(C)C[C@H](N)C(=O)NCC(O)CNS(=O)(=O)c1ccccc1OCc1ccccc1. The molecule has 8 nitrogen and oxygen atoms in total. The van der Waals surface area contributed by atoms with Crippen LogP contribution in [0.5, 0.6) is 5.75 Å². The third kappa shape index (κ3) is 8.29. The highest BCUT2D eigenvalue weighted by Gasteiger charge is 2.21. The van der Waals surface area contributed by atoms with Crippen LogP contribution in [0.25, 0.3) is 0 Å². The average Bonchev–Trinajstić information content (AvgIpc) is 2.75. The van der Waals surface area contributed by atoms with Crippen LogP contribution in [0.2, 0.25) is 0 Å². The minimum absolute atomic E-state index is 0.0267. The van der Waals surface area contributed by atoms with Gasteiger partial charge in [0.2, 0.25) is 15.9 Å². The number of aliphatic hydroxyl groups excluding tert-OH is 1. The van der Waals surface area contributed by atoms with Gasteiger partial charge in [-0.2, -0.15) is 0 Å². The lowest BCUT2D eigenvalue weighted by Crippen LogP contribution is -2.46. The van der Waals surface area contributed by atoms with E-state index in [9.17, 15) is 18.3 Å². The van der Waals surface area contributed by atoms with Crippen molar-refractivity contribution in [3.63, 3.8) is 0 Å². The maximum atomic E-state index is 12.7. The summed E-state index contributed by atoms with van der Waals surface area (Å²) in [6.07, 6.45) is -0.587. The van der Waals surface area contributed by atoms with Crippen molar-refractivity contribution in [2.75, 3.05) is 13.1 Å². The summed E-state index contributed by atoms with van der Waals surface area (Å²) in [6.45, 7) is 3.75. The Kier molecular flexibility index (Phi) is 9.44. The summed E-state index contributed by atoms with van der Waals surface area (Å²) >= 11 is 0. The summed E-state index contributed by atoms with van der Waals surface area (Å²) in [5, 5.41) is 12.6. The van der Waals surface area contributed by atoms with E-state index in [2.05, 4.69) is 10.0 Å². The van der Waals surface area contributed by atoms with Gasteiger partial charge in [0.05, 0.1) is 12.1 Å². The molecular formula is C22H31N3O5S. The third-order valence-electron chi connectivity index (χ3n) is 4.46. The van der Waals surface area contributed by atoms with E-state index >= 15 is 0 Å². The van der Waals surface area contributed by atoms with Gasteiger partial charge in [-0.1, -0.05) is 56.3 Å². The van der Waals surface area contributed by atoms with E-state index in [0.717, 1.165) is 5.56 Å². The molecule has 1 unspecified atom stereocenters. The van der Waals surface area contributed by atoms with Crippen molar-refractivity contribution >= 4 is 15.9 Å². The van der Waals surface area contributed by atoms with Crippen LogP contribution in [0.3, 0.4) is 0 Å². The Morgan fingerprint density at radius 2 is 1.71 bits per heavy atom. The first kappa shape index (κ1) is 24.8. The lowest BCUT2D eigenvalue weighted by Gasteiger charge is -2.17. The monoisotopic (exact) mass is 449 g/mol. The molecule has 0 bridgehead atoms. The quantitative estimate of drug-likeness (QED) is 0.387. The summed E-state index contributed by atoms with van der Waals surface area (Å²) in [5.74, 6) is 0.0956. The Balaban J connectivity index is 1.91. The summed E-state index contributed by atoms with van der Waals surface area (Å²) in [6, 6.07) is 15.0. The fourth-order valence-electron chi connectivity index (χ4n) is 2.85. The number of benzene rings is 2. The van der Waals surface area contributed by atoms with Crippen LogP contribution in [0, 0.1) is 5.92 Å². The zero-order valence-electron chi connectivity index (χ0n) is 17.8. The molecule has 0 saturated heterocycles. The van der Waals surface area contributed by atoms with Gasteiger partial charge in [-0.15, -0.1) is 0 Å². The molecule has 0 aliphatic rings. The number of nitrogens with two attached hydrogens (primary N) is 1. The van der Waals surface area contributed by atoms with E-state index in [4.69, 9.17) is 10.5 Å². The maximum absolute atomic E-state index is 12.7. The Morgan fingerprint density at radius 3 is 2.39 bits per heavy atom. The number of rotatable bonds is 12. The largest absolute Gasteiger partial charge is 0.487 e. The number of aliphatic hydroxyl groups is 1. The first-order valence-electron chi connectivity index (χ1n) is 10.2. The summed E-state index contributed by atoms with van der Waals surface area (Å²) in [4.78, 5) is 11.9. The normalized spacial score (nSPS) is 13.6. The fraction of sp³-hybridized carbons (Fsp3) is 0.409. The molecule has 170 valence electrons. The smallest absolute Gasteiger partial charge is 0.244 e. The molecule has 0 aliphatic heterocycles. The zero-order valence-corrected chi connectivity index (χ0v) is 18.6. The molecule has 0 fully saturated rings. The molecule has 0 radical (unpaired) electrons. The molecule has 5 N–H and O–H groups in total. The molecule has 0 aliphatic carbocycles. The van der Waals surface area contributed by atoms with Crippen LogP contribution in [-0.2, 0) is 21.4 Å². The van der Waals surface area contributed by atoms with E-state index < -0.39 is 22.2 Å². The number of hydrogen-bond donors (Lipinski definition) is 4. The lowest BCUT2D eigenvalue weighted by atomic mass is 10.0. The first-order chi connectivity index (χ1) is 14.7. The van der Waals surface area contributed by atoms with Crippen LogP contribution in [0.4, 0.5) is 0 Å². The van der Waals surface area contributed by atoms with Crippen molar-refractivity contribution < 1.29 is 23.1 Å². The number of carbonyl (C=O) groups is 1. The molecule has 0 aromatic heterocycles. The van der Waals surface area contributed by atoms with Gasteiger partial charge in [0.15, 0.2) is 0 Å². The van der Waals surface area contributed by atoms with Crippen LogP contribution in [-0.4, -0.2) is 44.7 Å². The van der Waals surface area contributed by atoms with E-state index in [1.54, 1.807) is 18.2 Å². The van der Waals surface area contributed by atoms with Gasteiger partial charge < -0.3 is 20.9 Å². The minimum Gasteiger partial charge on any atom is -0.487 e. The van der Waals surface area contributed by atoms with Gasteiger partial charge in [0, 0.05) is 13.1 Å². The highest BCUT2D eigenvalue weighted by molar-refractivity contribution is 7.89. The van der Waals surface area contributed by atoms with Crippen molar-refractivity contribution in [1.82, 2.24) is 10.0 Å². The molecule has 1 amide bonds.